The number of methoxy groups -OCH3 is 1. The molecule has 110 valence electrons. The molecule has 3 rings (SSSR count). The molecule has 19 heavy (non-hydrogen) atoms. The van der Waals surface area contributed by atoms with Gasteiger partial charge in [0.05, 0.1) is 0 Å². The molecule has 1 spiro atoms. The number of hydrogen-bond donors (Lipinski definition) is 1. The second-order valence-electron chi connectivity index (χ2n) is 6.90. The van der Waals surface area contributed by atoms with Crippen LogP contribution in [0.5, 0.6) is 0 Å². The lowest BCUT2D eigenvalue weighted by atomic mass is 9.78. The van der Waals surface area contributed by atoms with E-state index >= 15 is 0 Å². The minimum atomic E-state index is 0.484. The van der Waals surface area contributed by atoms with Gasteiger partial charge in [0.25, 0.3) is 0 Å². The lowest BCUT2D eigenvalue weighted by Crippen LogP contribution is -2.65. The van der Waals surface area contributed by atoms with Crippen LogP contribution in [0.15, 0.2) is 0 Å². The number of rotatable bonds is 5. The molecule has 1 N–H and O–H groups in total. The van der Waals surface area contributed by atoms with Gasteiger partial charge in [0.15, 0.2) is 0 Å². The Labute approximate surface area is 118 Å². The Bertz CT molecular complexity index is 284. The number of piperazine rings is 1. The first-order valence-electron chi connectivity index (χ1n) is 8.31. The molecule has 0 aromatic carbocycles. The largest absolute Gasteiger partial charge is 0.385 e. The molecule has 3 fully saturated rings. The molecule has 3 heteroatoms. The highest BCUT2D eigenvalue weighted by Gasteiger charge is 2.45. The minimum Gasteiger partial charge on any atom is -0.385 e. The van der Waals surface area contributed by atoms with Crippen LogP contribution in [-0.4, -0.2) is 49.8 Å². The molecule has 1 aliphatic heterocycles. The quantitative estimate of drug-likeness (QED) is 0.773. The SMILES string of the molecule is COCCCN1CC(C2CC2)NCC12CCCCC2. The second kappa shape index (κ2) is 6.11. The van der Waals surface area contributed by atoms with Crippen molar-refractivity contribution in [3.63, 3.8) is 0 Å². The Balaban J connectivity index is 1.62. The summed E-state index contributed by atoms with van der Waals surface area (Å²) in [6.45, 7) is 4.67. The van der Waals surface area contributed by atoms with Gasteiger partial charge < -0.3 is 10.1 Å². The fraction of sp³-hybridized carbons (Fsp3) is 1.00. The molecule has 2 saturated carbocycles. The van der Waals surface area contributed by atoms with Crippen molar-refractivity contribution in [3.8, 4) is 0 Å². The van der Waals surface area contributed by atoms with Crippen LogP contribution in [-0.2, 0) is 4.74 Å². The third-order valence-corrected chi connectivity index (χ3v) is 5.53. The number of hydrogen-bond acceptors (Lipinski definition) is 3. The molecule has 1 heterocycles. The average Bonchev–Trinajstić information content (AvgIpc) is 3.27. The number of ether oxygens (including phenoxy) is 1. The molecule has 1 saturated heterocycles. The zero-order valence-corrected chi connectivity index (χ0v) is 12.5. The second-order valence-corrected chi connectivity index (χ2v) is 6.90. The third-order valence-electron chi connectivity index (χ3n) is 5.53. The Morgan fingerprint density at radius 3 is 2.68 bits per heavy atom. The standard InChI is InChI=1S/C16H30N2O/c1-19-11-5-10-18-12-15(14-6-7-14)17-13-16(18)8-3-2-4-9-16/h14-15,17H,2-13H2,1H3. The predicted octanol–water partition coefficient (Wildman–Crippen LogP) is 2.41. The Hall–Kier alpha value is -0.120. The van der Waals surface area contributed by atoms with E-state index in [-0.39, 0.29) is 0 Å². The molecule has 0 bridgehead atoms. The molecule has 1 atom stereocenters. The monoisotopic (exact) mass is 266 g/mol. The van der Waals surface area contributed by atoms with Crippen molar-refractivity contribution >= 4 is 0 Å². The van der Waals surface area contributed by atoms with Crippen LogP contribution in [0.4, 0.5) is 0 Å². The van der Waals surface area contributed by atoms with E-state index < -0.39 is 0 Å². The van der Waals surface area contributed by atoms with Gasteiger partial charge in [-0.1, -0.05) is 19.3 Å². The molecule has 0 radical (unpaired) electrons. The average molecular weight is 266 g/mol. The van der Waals surface area contributed by atoms with Gasteiger partial charge >= 0.3 is 0 Å². The van der Waals surface area contributed by atoms with Crippen molar-refractivity contribution in [1.29, 1.82) is 0 Å². The summed E-state index contributed by atoms with van der Waals surface area (Å²) in [5.41, 5.74) is 0.484. The van der Waals surface area contributed by atoms with E-state index in [1.807, 2.05) is 7.11 Å². The molecule has 3 nitrogen and oxygen atoms in total. The van der Waals surface area contributed by atoms with Crippen LogP contribution in [0.2, 0.25) is 0 Å². The molecular formula is C16H30N2O. The fourth-order valence-corrected chi connectivity index (χ4v) is 4.17. The zero-order chi connectivity index (χ0) is 13.1. The van der Waals surface area contributed by atoms with E-state index in [9.17, 15) is 0 Å². The van der Waals surface area contributed by atoms with Gasteiger partial charge in [-0.05, 0) is 38.0 Å². The van der Waals surface area contributed by atoms with Crippen LogP contribution >= 0.6 is 0 Å². The molecule has 3 aliphatic rings. The van der Waals surface area contributed by atoms with E-state index in [1.165, 1.54) is 71.0 Å². The summed E-state index contributed by atoms with van der Waals surface area (Å²) in [5, 5.41) is 3.89. The first kappa shape index (κ1) is 13.8. The Morgan fingerprint density at radius 1 is 1.21 bits per heavy atom. The molecule has 1 unspecified atom stereocenters. The molecule has 0 aromatic heterocycles. The molecule has 2 aliphatic carbocycles. The lowest BCUT2D eigenvalue weighted by molar-refractivity contribution is 0.00127. The normalized spacial score (nSPS) is 31.7. The maximum absolute atomic E-state index is 5.25. The predicted molar refractivity (Wildman–Crippen MR) is 78.4 cm³/mol. The van der Waals surface area contributed by atoms with Crippen LogP contribution in [0.25, 0.3) is 0 Å². The smallest absolute Gasteiger partial charge is 0.0474 e. The summed E-state index contributed by atoms with van der Waals surface area (Å²) < 4.78 is 5.25. The Kier molecular flexibility index (Phi) is 4.45. The molecule has 0 aromatic rings. The highest BCUT2D eigenvalue weighted by molar-refractivity contribution is 5.03. The van der Waals surface area contributed by atoms with Crippen molar-refractivity contribution in [2.24, 2.45) is 5.92 Å². The highest BCUT2D eigenvalue weighted by atomic mass is 16.5. The van der Waals surface area contributed by atoms with E-state index in [1.54, 1.807) is 0 Å². The Morgan fingerprint density at radius 2 is 2.00 bits per heavy atom. The number of nitrogens with one attached hydrogen (secondary N) is 1. The maximum Gasteiger partial charge on any atom is 0.0474 e. The van der Waals surface area contributed by atoms with E-state index in [4.69, 9.17) is 4.74 Å². The van der Waals surface area contributed by atoms with Crippen molar-refractivity contribution < 1.29 is 4.74 Å². The molecular weight excluding hydrogens is 236 g/mol. The molecule has 0 amide bonds. The van der Waals surface area contributed by atoms with E-state index in [0.29, 0.717) is 5.54 Å². The van der Waals surface area contributed by atoms with Crippen molar-refractivity contribution in [1.82, 2.24) is 10.2 Å². The van der Waals surface area contributed by atoms with Crippen molar-refractivity contribution in [2.45, 2.75) is 62.9 Å². The lowest BCUT2D eigenvalue weighted by Gasteiger charge is -2.52. The topological polar surface area (TPSA) is 24.5 Å². The number of nitrogens with zero attached hydrogens (tertiary/aromatic N) is 1. The summed E-state index contributed by atoms with van der Waals surface area (Å²) in [6, 6.07) is 0.773. The zero-order valence-electron chi connectivity index (χ0n) is 12.5. The summed E-state index contributed by atoms with van der Waals surface area (Å²) in [5.74, 6) is 0.978. The van der Waals surface area contributed by atoms with Crippen LogP contribution in [0.3, 0.4) is 0 Å². The van der Waals surface area contributed by atoms with Gasteiger partial charge in [0.1, 0.15) is 0 Å². The van der Waals surface area contributed by atoms with Crippen LogP contribution in [0, 0.1) is 5.92 Å². The third kappa shape index (κ3) is 3.14. The van der Waals surface area contributed by atoms with Gasteiger partial charge in [0.2, 0.25) is 0 Å². The van der Waals surface area contributed by atoms with Gasteiger partial charge in [-0.15, -0.1) is 0 Å². The van der Waals surface area contributed by atoms with Gasteiger partial charge in [-0.3, -0.25) is 4.90 Å². The highest BCUT2D eigenvalue weighted by Crippen LogP contribution is 2.40. The first-order valence-corrected chi connectivity index (χ1v) is 8.31. The van der Waals surface area contributed by atoms with Crippen molar-refractivity contribution in [2.75, 3.05) is 33.4 Å². The maximum atomic E-state index is 5.25. The first-order chi connectivity index (χ1) is 9.34. The van der Waals surface area contributed by atoms with E-state index in [2.05, 4.69) is 10.2 Å². The van der Waals surface area contributed by atoms with Crippen LogP contribution < -0.4 is 5.32 Å². The summed E-state index contributed by atoms with van der Waals surface area (Å²) in [4.78, 5) is 2.84. The van der Waals surface area contributed by atoms with Crippen LogP contribution in [0.1, 0.15) is 51.4 Å². The van der Waals surface area contributed by atoms with Gasteiger partial charge in [0, 0.05) is 44.9 Å². The minimum absolute atomic E-state index is 0.484. The summed E-state index contributed by atoms with van der Waals surface area (Å²) in [6.07, 6.45) is 11.2. The summed E-state index contributed by atoms with van der Waals surface area (Å²) in [7, 11) is 1.82. The van der Waals surface area contributed by atoms with Crippen molar-refractivity contribution in [3.05, 3.63) is 0 Å². The fourth-order valence-electron chi connectivity index (χ4n) is 4.17. The van der Waals surface area contributed by atoms with Gasteiger partial charge in [-0.2, -0.15) is 0 Å². The van der Waals surface area contributed by atoms with E-state index in [0.717, 1.165) is 18.6 Å². The van der Waals surface area contributed by atoms with Gasteiger partial charge in [-0.25, -0.2) is 0 Å². The summed E-state index contributed by atoms with van der Waals surface area (Å²) >= 11 is 0.